The minimum atomic E-state index is -1.41. The van der Waals surface area contributed by atoms with E-state index >= 15 is 0 Å². The summed E-state index contributed by atoms with van der Waals surface area (Å²) in [6, 6.07) is 5.33. The third kappa shape index (κ3) is 4.24. The fourth-order valence-electron chi connectivity index (χ4n) is 5.45. The van der Waals surface area contributed by atoms with Crippen molar-refractivity contribution in [2.45, 2.75) is 57.0 Å². The van der Waals surface area contributed by atoms with Crippen LogP contribution in [0.1, 0.15) is 43.0 Å². The van der Waals surface area contributed by atoms with E-state index in [4.69, 9.17) is 4.74 Å². The van der Waals surface area contributed by atoms with Gasteiger partial charge in [-0.1, -0.05) is 25.8 Å². The van der Waals surface area contributed by atoms with Gasteiger partial charge in [0.1, 0.15) is 31.0 Å². The van der Waals surface area contributed by atoms with E-state index in [1.807, 2.05) is 6.07 Å². The molecule has 8 nitrogen and oxygen atoms in total. The number of nitrogens with zero attached hydrogens (tertiary/aromatic N) is 3. The molecule has 0 unspecified atom stereocenters. The van der Waals surface area contributed by atoms with Gasteiger partial charge >= 0.3 is 0 Å². The summed E-state index contributed by atoms with van der Waals surface area (Å²) in [5, 5.41) is 2.95. The number of nitrogens with one attached hydrogen (secondary N) is 1. The second-order valence-electron chi connectivity index (χ2n) is 9.68. The molecule has 0 radical (unpaired) electrons. The molecule has 1 aromatic heterocycles. The Labute approximate surface area is 197 Å². The van der Waals surface area contributed by atoms with Gasteiger partial charge in [0.2, 0.25) is 5.91 Å². The molecule has 1 N–H and O–H groups in total. The first-order chi connectivity index (χ1) is 16.4. The molecule has 1 aliphatic carbocycles. The van der Waals surface area contributed by atoms with Gasteiger partial charge in [-0.25, -0.2) is 9.37 Å². The van der Waals surface area contributed by atoms with Crippen LogP contribution in [0.2, 0.25) is 0 Å². The van der Waals surface area contributed by atoms with Crippen LogP contribution >= 0.6 is 0 Å². The summed E-state index contributed by atoms with van der Waals surface area (Å²) in [6.45, 7) is 1.81. The third-order valence-electron chi connectivity index (χ3n) is 7.40. The fourth-order valence-corrected chi connectivity index (χ4v) is 5.45. The SMILES string of the molecule is CC1CCC([C@H](NC(=O)c2cccc(-n3ccnc3)c2)C(=O)N2C[C@@H](F)[C@H]3OCC(=O)[C@H]32)CC1. The van der Waals surface area contributed by atoms with Gasteiger partial charge in [0.15, 0.2) is 5.78 Å². The molecule has 4 atom stereocenters. The Morgan fingerprint density at radius 3 is 2.76 bits per heavy atom. The highest BCUT2D eigenvalue weighted by Crippen LogP contribution is 2.34. The largest absolute Gasteiger partial charge is 0.365 e. The number of carbonyl (C=O) groups excluding carboxylic acids is 3. The molecule has 3 heterocycles. The maximum Gasteiger partial charge on any atom is 0.252 e. The zero-order chi connectivity index (χ0) is 23.8. The van der Waals surface area contributed by atoms with Crippen LogP contribution in [-0.4, -0.2) is 69.6 Å². The second-order valence-corrected chi connectivity index (χ2v) is 9.68. The van der Waals surface area contributed by atoms with E-state index < -0.39 is 30.3 Å². The number of aromatic nitrogens is 2. The summed E-state index contributed by atoms with van der Waals surface area (Å²) in [6.07, 6.45) is 6.26. The van der Waals surface area contributed by atoms with E-state index in [0.29, 0.717) is 11.5 Å². The molecule has 180 valence electrons. The average molecular weight is 469 g/mol. The lowest BCUT2D eigenvalue weighted by Gasteiger charge is -2.35. The van der Waals surface area contributed by atoms with E-state index in [1.165, 1.54) is 4.90 Å². The topological polar surface area (TPSA) is 93.5 Å². The van der Waals surface area contributed by atoms with Crippen LogP contribution in [0.15, 0.2) is 43.0 Å². The first-order valence-corrected chi connectivity index (χ1v) is 11.9. The number of amides is 2. The number of carbonyl (C=O) groups is 3. The zero-order valence-corrected chi connectivity index (χ0v) is 19.1. The van der Waals surface area contributed by atoms with E-state index in [2.05, 4.69) is 17.2 Å². The van der Waals surface area contributed by atoms with E-state index in [-0.39, 0.29) is 30.8 Å². The molecule has 1 saturated carbocycles. The summed E-state index contributed by atoms with van der Waals surface area (Å²) in [4.78, 5) is 44.7. The molecule has 2 aliphatic heterocycles. The van der Waals surface area contributed by atoms with Crippen LogP contribution in [-0.2, 0) is 14.3 Å². The molecule has 2 saturated heterocycles. The average Bonchev–Trinajstić information content (AvgIpc) is 3.58. The number of Topliss-reactive ketones (excluding diaryl/α,β-unsaturated/α-hetero) is 1. The Morgan fingerprint density at radius 1 is 1.24 bits per heavy atom. The molecule has 2 aromatic rings. The Hall–Kier alpha value is -3.07. The molecule has 3 fully saturated rings. The van der Waals surface area contributed by atoms with Gasteiger partial charge in [0.05, 0.1) is 12.9 Å². The van der Waals surface area contributed by atoms with Gasteiger partial charge in [-0.2, -0.15) is 0 Å². The summed E-state index contributed by atoms with van der Waals surface area (Å²) in [7, 11) is 0. The smallest absolute Gasteiger partial charge is 0.252 e. The minimum absolute atomic E-state index is 0.0704. The number of likely N-dealkylation sites (tertiary alicyclic amines) is 1. The summed E-state index contributed by atoms with van der Waals surface area (Å²) in [5.74, 6) is -0.563. The predicted molar refractivity (Wildman–Crippen MR) is 121 cm³/mol. The number of hydrogen-bond acceptors (Lipinski definition) is 5. The Morgan fingerprint density at radius 2 is 2.03 bits per heavy atom. The van der Waals surface area contributed by atoms with Crippen molar-refractivity contribution in [1.82, 2.24) is 19.8 Å². The fraction of sp³-hybridized carbons (Fsp3) is 0.520. The molecule has 34 heavy (non-hydrogen) atoms. The molecule has 0 bridgehead atoms. The highest BCUT2D eigenvalue weighted by Gasteiger charge is 2.54. The van der Waals surface area contributed by atoms with E-state index in [0.717, 1.165) is 31.4 Å². The highest BCUT2D eigenvalue weighted by molar-refractivity contribution is 5.99. The lowest BCUT2D eigenvalue weighted by atomic mass is 9.78. The van der Waals surface area contributed by atoms with Crippen molar-refractivity contribution in [3.8, 4) is 5.69 Å². The number of fused-ring (bicyclic) bond motifs is 1. The van der Waals surface area contributed by atoms with Gasteiger partial charge in [-0.15, -0.1) is 0 Å². The van der Waals surface area contributed by atoms with Gasteiger partial charge in [-0.05, 0) is 42.9 Å². The number of halogens is 1. The molecule has 0 spiro atoms. The van der Waals surface area contributed by atoms with Crippen LogP contribution in [0.25, 0.3) is 5.69 Å². The minimum Gasteiger partial charge on any atom is -0.365 e. The maximum absolute atomic E-state index is 14.6. The lowest BCUT2D eigenvalue weighted by molar-refractivity contribution is -0.139. The highest BCUT2D eigenvalue weighted by atomic mass is 19.1. The van der Waals surface area contributed by atoms with Gasteiger partial charge in [0.25, 0.3) is 5.91 Å². The predicted octanol–water partition coefficient (Wildman–Crippen LogP) is 2.31. The van der Waals surface area contributed by atoms with Crippen LogP contribution in [0.5, 0.6) is 0 Å². The first kappa shape index (κ1) is 22.7. The van der Waals surface area contributed by atoms with E-state index in [1.54, 1.807) is 41.5 Å². The number of ketones is 1. The lowest BCUT2D eigenvalue weighted by Crippen LogP contribution is -2.55. The van der Waals surface area contributed by atoms with Crippen molar-refractivity contribution >= 4 is 17.6 Å². The number of hydrogen-bond donors (Lipinski definition) is 1. The van der Waals surface area contributed by atoms with Gasteiger partial charge in [0, 0.05) is 23.6 Å². The summed E-state index contributed by atoms with van der Waals surface area (Å²) < 4.78 is 21.7. The number of ether oxygens (including phenoxy) is 1. The van der Waals surface area contributed by atoms with Gasteiger partial charge < -0.3 is 19.5 Å². The first-order valence-electron chi connectivity index (χ1n) is 11.9. The molecule has 5 rings (SSSR count). The normalized spacial score (nSPS) is 29.6. The Kier molecular flexibility index (Phi) is 6.20. The standard InChI is InChI=1S/C25H29FN4O4/c1-15-5-7-16(8-6-15)21(25(33)30-12-19(26)23-22(30)20(31)13-34-23)28-24(32)17-3-2-4-18(11-17)29-10-9-27-14-29/h2-4,9-11,14-16,19,21-23H,5-8,12-13H2,1H3,(H,28,32)/t15?,16?,19-,21+,22-,23-/m1/s1. The number of alkyl halides is 1. The van der Waals surface area contributed by atoms with Crippen molar-refractivity contribution in [3.63, 3.8) is 0 Å². The molecule has 3 aliphatic rings. The van der Waals surface area contributed by atoms with Crippen molar-refractivity contribution in [3.05, 3.63) is 48.5 Å². The Balaban J connectivity index is 1.39. The summed E-state index contributed by atoms with van der Waals surface area (Å²) >= 11 is 0. The quantitative estimate of drug-likeness (QED) is 0.727. The van der Waals surface area contributed by atoms with Crippen molar-refractivity contribution in [2.24, 2.45) is 11.8 Å². The Bertz CT molecular complexity index is 1070. The number of benzene rings is 1. The number of rotatable bonds is 5. The van der Waals surface area contributed by atoms with Crippen LogP contribution in [0, 0.1) is 11.8 Å². The van der Waals surface area contributed by atoms with Crippen molar-refractivity contribution < 1.29 is 23.5 Å². The van der Waals surface area contributed by atoms with E-state index in [9.17, 15) is 18.8 Å². The second kappa shape index (κ2) is 9.29. The molecule has 1 aromatic carbocycles. The molecule has 9 heteroatoms. The molecular formula is C25H29FN4O4. The number of imidazole rings is 1. The monoisotopic (exact) mass is 468 g/mol. The van der Waals surface area contributed by atoms with Crippen LogP contribution in [0.4, 0.5) is 4.39 Å². The molecule has 2 amide bonds. The third-order valence-corrected chi connectivity index (χ3v) is 7.40. The molecular weight excluding hydrogens is 439 g/mol. The zero-order valence-electron chi connectivity index (χ0n) is 19.1. The van der Waals surface area contributed by atoms with Crippen LogP contribution in [0.3, 0.4) is 0 Å². The maximum atomic E-state index is 14.6. The summed E-state index contributed by atoms with van der Waals surface area (Å²) in [5.41, 5.74) is 1.19. The van der Waals surface area contributed by atoms with Crippen LogP contribution < -0.4 is 5.32 Å². The van der Waals surface area contributed by atoms with Crippen molar-refractivity contribution in [2.75, 3.05) is 13.2 Å². The van der Waals surface area contributed by atoms with Crippen molar-refractivity contribution in [1.29, 1.82) is 0 Å². The van der Waals surface area contributed by atoms with Gasteiger partial charge in [-0.3, -0.25) is 14.4 Å².